The number of fused-ring (bicyclic) bond motifs is 1. The molecule has 0 aliphatic heterocycles. The first-order chi connectivity index (χ1) is 14.8. The van der Waals surface area contributed by atoms with Crippen LogP contribution in [0.5, 0.6) is 0 Å². The lowest BCUT2D eigenvalue weighted by molar-refractivity contribution is 0.0952. The largest absolute Gasteiger partial charge is 0.348 e. The molecule has 0 bridgehead atoms. The van der Waals surface area contributed by atoms with Gasteiger partial charge in [-0.05, 0) is 70.0 Å². The fourth-order valence-corrected chi connectivity index (χ4v) is 4.13. The van der Waals surface area contributed by atoms with Gasteiger partial charge in [0.05, 0.1) is 5.69 Å². The van der Waals surface area contributed by atoms with Crippen molar-refractivity contribution in [2.45, 2.75) is 47.2 Å². The number of carbonyl (C=O) groups is 1. The fourth-order valence-electron chi connectivity index (χ4n) is 4.13. The summed E-state index contributed by atoms with van der Waals surface area (Å²) in [7, 11) is 0. The number of hydrogen-bond donors (Lipinski definition) is 3. The molecule has 3 N–H and O–H groups in total. The maximum Gasteiger partial charge on any atom is 0.253 e. The standard InChI is InChI=1S/C24H27N5O2/c1-13(2)29-12-15(4)22-18(9-17(10-21(22)29)20-6-7-26-28-20)23(30)25-11-19-14(3)8-16(5)27-24(19)31/h6-10,12-13H,11H2,1-5H3,(H,25,30)(H,26,28)(H,27,31). The number of rotatable bonds is 5. The van der Waals surface area contributed by atoms with Gasteiger partial charge in [0.15, 0.2) is 0 Å². The number of nitrogens with zero attached hydrogens (tertiary/aromatic N) is 2. The van der Waals surface area contributed by atoms with E-state index in [1.54, 1.807) is 6.20 Å². The van der Waals surface area contributed by atoms with Crippen LogP contribution in [0, 0.1) is 20.8 Å². The number of nitrogens with one attached hydrogen (secondary N) is 3. The van der Waals surface area contributed by atoms with Gasteiger partial charge in [-0.2, -0.15) is 5.10 Å². The van der Waals surface area contributed by atoms with E-state index in [2.05, 4.69) is 51.2 Å². The Labute approximate surface area is 180 Å². The Balaban J connectivity index is 1.79. The number of carbonyl (C=O) groups excluding carboxylic acids is 1. The average molecular weight is 418 g/mol. The van der Waals surface area contributed by atoms with E-state index in [1.807, 2.05) is 39.0 Å². The molecule has 0 fully saturated rings. The first kappa shape index (κ1) is 20.7. The molecule has 0 saturated heterocycles. The van der Waals surface area contributed by atoms with Crippen molar-refractivity contribution in [2.75, 3.05) is 0 Å². The summed E-state index contributed by atoms with van der Waals surface area (Å²) >= 11 is 0. The Morgan fingerprint density at radius 2 is 1.94 bits per heavy atom. The monoisotopic (exact) mass is 417 g/mol. The molecule has 4 aromatic rings. The maximum absolute atomic E-state index is 13.3. The molecule has 0 saturated carbocycles. The average Bonchev–Trinajstić information content (AvgIpc) is 3.35. The first-order valence-electron chi connectivity index (χ1n) is 10.4. The van der Waals surface area contributed by atoms with Gasteiger partial charge < -0.3 is 14.9 Å². The molecule has 0 aliphatic rings. The normalized spacial score (nSPS) is 11.4. The molecule has 31 heavy (non-hydrogen) atoms. The second-order valence-electron chi connectivity index (χ2n) is 8.32. The van der Waals surface area contributed by atoms with Crippen LogP contribution in [-0.4, -0.2) is 25.7 Å². The lowest BCUT2D eigenvalue weighted by atomic mass is 10.0. The summed E-state index contributed by atoms with van der Waals surface area (Å²) in [6.07, 6.45) is 3.84. The Morgan fingerprint density at radius 1 is 1.16 bits per heavy atom. The number of amides is 1. The molecule has 1 amide bonds. The molecule has 0 radical (unpaired) electrons. The number of pyridine rings is 1. The smallest absolute Gasteiger partial charge is 0.253 e. The summed E-state index contributed by atoms with van der Waals surface area (Å²) in [5, 5.41) is 11.0. The zero-order valence-electron chi connectivity index (χ0n) is 18.5. The maximum atomic E-state index is 13.3. The van der Waals surface area contributed by atoms with Crippen LogP contribution in [0.1, 0.15) is 52.6 Å². The third kappa shape index (κ3) is 3.79. The lowest BCUT2D eigenvalue weighted by Gasteiger charge is -2.13. The van der Waals surface area contributed by atoms with E-state index < -0.39 is 0 Å². The molecule has 3 heterocycles. The molecular formula is C24H27N5O2. The van der Waals surface area contributed by atoms with Gasteiger partial charge in [0, 0.05) is 58.3 Å². The van der Waals surface area contributed by atoms with Crippen LogP contribution in [0.25, 0.3) is 22.2 Å². The second-order valence-corrected chi connectivity index (χ2v) is 8.32. The van der Waals surface area contributed by atoms with E-state index in [1.165, 1.54) is 0 Å². The molecule has 0 atom stereocenters. The van der Waals surface area contributed by atoms with Crippen LogP contribution < -0.4 is 10.9 Å². The minimum absolute atomic E-state index is 0.165. The van der Waals surface area contributed by atoms with Gasteiger partial charge in [0.1, 0.15) is 0 Å². The van der Waals surface area contributed by atoms with E-state index in [4.69, 9.17) is 0 Å². The van der Waals surface area contributed by atoms with Crippen LogP contribution >= 0.6 is 0 Å². The number of aromatic amines is 2. The summed E-state index contributed by atoms with van der Waals surface area (Å²) in [6.45, 7) is 10.1. The highest BCUT2D eigenvalue weighted by Crippen LogP contribution is 2.32. The second kappa shape index (κ2) is 7.91. The van der Waals surface area contributed by atoms with Crippen molar-refractivity contribution < 1.29 is 4.79 Å². The zero-order chi connectivity index (χ0) is 22.3. The summed E-state index contributed by atoms with van der Waals surface area (Å²) < 4.78 is 2.17. The number of H-pyrrole nitrogens is 2. The Kier molecular flexibility index (Phi) is 5.27. The molecule has 7 nitrogen and oxygen atoms in total. The molecular weight excluding hydrogens is 390 g/mol. The predicted octanol–water partition coefficient (Wildman–Crippen LogP) is 4.16. The van der Waals surface area contributed by atoms with E-state index in [9.17, 15) is 9.59 Å². The van der Waals surface area contributed by atoms with Gasteiger partial charge in [-0.3, -0.25) is 14.7 Å². The van der Waals surface area contributed by atoms with Crippen molar-refractivity contribution in [3.05, 3.63) is 75.0 Å². The van der Waals surface area contributed by atoms with Crippen LogP contribution in [0.15, 0.2) is 41.5 Å². The van der Waals surface area contributed by atoms with Gasteiger partial charge in [0.25, 0.3) is 11.5 Å². The molecule has 3 aromatic heterocycles. The van der Waals surface area contributed by atoms with Gasteiger partial charge in [-0.25, -0.2) is 0 Å². The van der Waals surface area contributed by atoms with Gasteiger partial charge in [-0.1, -0.05) is 0 Å². The van der Waals surface area contributed by atoms with E-state index in [0.717, 1.165) is 39.0 Å². The summed E-state index contributed by atoms with van der Waals surface area (Å²) in [4.78, 5) is 28.5. The minimum atomic E-state index is -0.216. The summed E-state index contributed by atoms with van der Waals surface area (Å²) in [5.41, 5.74) is 6.29. The van der Waals surface area contributed by atoms with E-state index in [0.29, 0.717) is 11.1 Å². The Hall–Kier alpha value is -3.61. The molecule has 0 aliphatic carbocycles. The number of hydrogen-bond acceptors (Lipinski definition) is 3. The Bertz CT molecular complexity index is 1330. The van der Waals surface area contributed by atoms with Crippen LogP contribution in [0.4, 0.5) is 0 Å². The Morgan fingerprint density at radius 3 is 2.58 bits per heavy atom. The summed E-state index contributed by atoms with van der Waals surface area (Å²) in [6, 6.07) is 7.98. The predicted molar refractivity (Wildman–Crippen MR) is 122 cm³/mol. The highest BCUT2D eigenvalue weighted by atomic mass is 16.1. The van der Waals surface area contributed by atoms with Crippen molar-refractivity contribution in [3.63, 3.8) is 0 Å². The fraction of sp³-hybridized carbons (Fsp3) is 0.292. The third-order valence-electron chi connectivity index (χ3n) is 5.64. The first-order valence-corrected chi connectivity index (χ1v) is 10.4. The van der Waals surface area contributed by atoms with Gasteiger partial charge in [-0.15, -0.1) is 0 Å². The number of aromatic nitrogens is 4. The molecule has 0 spiro atoms. The molecule has 7 heteroatoms. The SMILES string of the molecule is Cc1cc(C)c(CNC(=O)c2cc(-c3cc[nH]n3)cc3c2c(C)cn3C(C)C)c(=O)[nH]1. The molecule has 0 unspecified atom stereocenters. The highest BCUT2D eigenvalue weighted by Gasteiger charge is 2.19. The van der Waals surface area contributed by atoms with E-state index >= 15 is 0 Å². The molecule has 1 aromatic carbocycles. The molecule has 160 valence electrons. The zero-order valence-corrected chi connectivity index (χ0v) is 18.5. The van der Waals surface area contributed by atoms with Crippen molar-refractivity contribution in [1.29, 1.82) is 0 Å². The number of aryl methyl sites for hydroxylation is 3. The van der Waals surface area contributed by atoms with Crippen molar-refractivity contribution >= 4 is 16.8 Å². The van der Waals surface area contributed by atoms with Crippen molar-refractivity contribution in [1.82, 2.24) is 25.1 Å². The topological polar surface area (TPSA) is 95.6 Å². The quantitative estimate of drug-likeness (QED) is 0.455. The van der Waals surface area contributed by atoms with E-state index in [-0.39, 0.29) is 24.1 Å². The van der Waals surface area contributed by atoms with Crippen molar-refractivity contribution in [3.8, 4) is 11.3 Å². The van der Waals surface area contributed by atoms with Crippen molar-refractivity contribution in [2.24, 2.45) is 0 Å². The summed E-state index contributed by atoms with van der Waals surface area (Å²) in [5.74, 6) is -0.216. The third-order valence-corrected chi connectivity index (χ3v) is 5.64. The molecule has 4 rings (SSSR count). The van der Waals surface area contributed by atoms with Gasteiger partial charge >= 0.3 is 0 Å². The van der Waals surface area contributed by atoms with Crippen LogP contribution in [-0.2, 0) is 6.54 Å². The van der Waals surface area contributed by atoms with Crippen LogP contribution in [0.3, 0.4) is 0 Å². The number of benzene rings is 1. The van der Waals surface area contributed by atoms with Crippen LogP contribution in [0.2, 0.25) is 0 Å². The minimum Gasteiger partial charge on any atom is -0.348 e. The highest BCUT2D eigenvalue weighted by molar-refractivity contribution is 6.09. The van der Waals surface area contributed by atoms with Gasteiger partial charge in [0.2, 0.25) is 0 Å². The lowest BCUT2D eigenvalue weighted by Crippen LogP contribution is -2.28.